The second-order valence-electron chi connectivity index (χ2n) is 2.79. The molecule has 0 heterocycles. The van der Waals surface area contributed by atoms with Crippen molar-refractivity contribution >= 4 is 16.0 Å². The van der Waals surface area contributed by atoms with E-state index in [2.05, 4.69) is 6.58 Å². The van der Waals surface area contributed by atoms with Crippen LogP contribution >= 0.6 is 0 Å². The lowest BCUT2D eigenvalue weighted by Gasteiger charge is -2.18. The van der Waals surface area contributed by atoms with E-state index < -0.39 is 21.7 Å². The maximum Gasteiger partial charge on any atom is 0.320 e. The van der Waals surface area contributed by atoms with Crippen LogP contribution in [0.3, 0.4) is 0 Å². The molecule has 0 bridgehead atoms. The molecular weight excluding hydrogens is 222 g/mol. The number of carboxylic acids is 1. The Morgan fingerprint density at radius 1 is 1.60 bits per heavy atom. The molecule has 0 aromatic heterocycles. The van der Waals surface area contributed by atoms with Crippen LogP contribution in [-0.4, -0.2) is 56.4 Å². The molecular formula is C8H15NO5S. The van der Waals surface area contributed by atoms with Gasteiger partial charge < -0.3 is 9.84 Å². The minimum absolute atomic E-state index is 0.0823. The quantitative estimate of drug-likeness (QED) is 0.577. The lowest BCUT2D eigenvalue weighted by Crippen LogP contribution is -2.37. The zero-order chi connectivity index (χ0) is 11.9. The number of sulfonamides is 1. The summed E-state index contributed by atoms with van der Waals surface area (Å²) < 4.78 is 28.7. The van der Waals surface area contributed by atoms with Gasteiger partial charge in [-0.1, -0.05) is 6.08 Å². The normalized spacial score (nSPS) is 11.6. The molecule has 0 fully saturated rings. The van der Waals surface area contributed by atoms with Crippen LogP contribution in [0.4, 0.5) is 0 Å². The molecule has 0 radical (unpaired) electrons. The molecule has 0 saturated carbocycles. The van der Waals surface area contributed by atoms with Crippen LogP contribution < -0.4 is 0 Å². The molecule has 1 N–H and O–H groups in total. The van der Waals surface area contributed by atoms with Crippen molar-refractivity contribution in [1.29, 1.82) is 0 Å². The average molecular weight is 237 g/mol. The van der Waals surface area contributed by atoms with Crippen LogP contribution in [0.1, 0.15) is 0 Å². The van der Waals surface area contributed by atoms with E-state index in [0.717, 1.165) is 4.31 Å². The Balaban J connectivity index is 4.57. The molecule has 0 unspecified atom stereocenters. The number of ether oxygens (including phenoxy) is 1. The van der Waals surface area contributed by atoms with Crippen molar-refractivity contribution in [3.8, 4) is 0 Å². The lowest BCUT2D eigenvalue weighted by atomic mass is 10.6. The fourth-order valence-electron chi connectivity index (χ4n) is 0.928. The average Bonchev–Trinajstić information content (AvgIpc) is 2.09. The summed E-state index contributed by atoms with van der Waals surface area (Å²) in [6.45, 7) is 3.83. The van der Waals surface area contributed by atoms with Crippen LogP contribution in [0, 0.1) is 0 Å². The molecule has 0 rings (SSSR count). The first-order valence-electron chi connectivity index (χ1n) is 4.23. The molecule has 0 aliphatic rings. The third-order valence-corrected chi connectivity index (χ3v) is 3.31. The summed E-state index contributed by atoms with van der Waals surface area (Å²) in [6.07, 6.45) is 1.40. The van der Waals surface area contributed by atoms with Crippen LogP contribution in [0.5, 0.6) is 0 Å². The highest BCUT2D eigenvalue weighted by atomic mass is 32.2. The monoisotopic (exact) mass is 237 g/mol. The second-order valence-corrected chi connectivity index (χ2v) is 4.76. The predicted octanol–water partition coefficient (Wildman–Crippen LogP) is -0.465. The molecule has 0 atom stereocenters. The third-order valence-electron chi connectivity index (χ3n) is 1.58. The molecule has 0 amide bonds. The maximum absolute atomic E-state index is 11.5. The van der Waals surface area contributed by atoms with Crippen LogP contribution in [0.25, 0.3) is 0 Å². The van der Waals surface area contributed by atoms with Gasteiger partial charge >= 0.3 is 5.97 Å². The number of hydrogen-bond donors (Lipinski definition) is 1. The fraction of sp³-hybridized carbons (Fsp3) is 0.625. The summed E-state index contributed by atoms with van der Waals surface area (Å²) in [4.78, 5) is 10.3. The first-order chi connectivity index (χ1) is 6.94. The number of rotatable bonds is 8. The van der Waals surface area contributed by atoms with Crippen molar-refractivity contribution in [3.63, 3.8) is 0 Å². The number of nitrogens with zero attached hydrogens (tertiary/aromatic N) is 1. The second kappa shape index (κ2) is 6.54. The van der Waals surface area contributed by atoms with Crippen molar-refractivity contribution < 1.29 is 23.1 Å². The van der Waals surface area contributed by atoms with Gasteiger partial charge in [0.05, 0.1) is 6.61 Å². The van der Waals surface area contributed by atoms with Gasteiger partial charge in [-0.3, -0.25) is 4.79 Å². The standard InChI is InChI=1S/C8H15NO5S/c1-3-4-9(5-6-14-2)15(12,13)7-8(10)11/h3H,1,4-7H2,2H3,(H,10,11). The van der Waals surface area contributed by atoms with Gasteiger partial charge in [0.15, 0.2) is 5.75 Å². The Labute approximate surface area is 89.2 Å². The molecule has 6 nitrogen and oxygen atoms in total. The molecule has 0 spiro atoms. The topological polar surface area (TPSA) is 83.9 Å². The summed E-state index contributed by atoms with van der Waals surface area (Å²) in [5.74, 6) is -2.29. The van der Waals surface area contributed by atoms with Crippen LogP contribution in [0.2, 0.25) is 0 Å². The summed E-state index contributed by atoms with van der Waals surface area (Å²) in [7, 11) is -2.33. The fourth-order valence-corrected chi connectivity index (χ4v) is 2.11. The Morgan fingerprint density at radius 2 is 2.20 bits per heavy atom. The van der Waals surface area contributed by atoms with Crippen molar-refractivity contribution in [2.24, 2.45) is 0 Å². The highest BCUT2D eigenvalue weighted by molar-refractivity contribution is 7.89. The largest absolute Gasteiger partial charge is 0.480 e. The Bertz CT molecular complexity index is 311. The van der Waals surface area contributed by atoms with Crippen molar-refractivity contribution in [2.45, 2.75) is 0 Å². The molecule has 0 aliphatic heterocycles. The zero-order valence-electron chi connectivity index (χ0n) is 8.55. The Kier molecular flexibility index (Phi) is 6.14. The van der Waals surface area contributed by atoms with Crippen LogP contribution in [-0.2, 0) is 19.6 Å². The smallest absolute Gasteiger partial charge is 0.320 e. The van der Waals surface area contributed by atoms with E-state index in [1.54, 1.807) is 0 Å². The van der Waals surface area contributed by atoms with E-state index in [-0.39, 0.29) is 19.7 Å². The minimum Gasteiger partial charge on any atom is -0.480 e. The third kappa shape index (κ3) is 5.50. The van der Waals surface area contributed by atoms with Crippen molar-refractivity contribution in [2.75, 3.05) is 32.6 Å². The number of carbonyl (C=O) groups is 1. The highest BCUT2D eigenvalue weighted by Crippen LogP contribution is 2.01. The molecule has 0 aromatic carbocycles. The van der Waals surface area contributed by atoms with Gasteiger partial charge in [-0.15, -0.1) is 6.58 Å². The highest BCUT2D eigenvalue weighted by Gasteiger charge is 2.23. The van der Waals surface area contributed by atoms with Gasteiger partial charge in [-0.25, -0.2) is 8.42 Å². The number of aliphatic carboxylic acids is 1. The Morgan fingerprint density at radius 3 is 2.60 bits per heavy atom. The van der Waals surface area contributed by atoms with Gasteiger partial charge in [-0.2, -0.15) is 4.31 Å². The van der Waals surface area contributed by atoms with E-state index in [4.69, 9.17) is 9.84 Å². The number of methoxy groups -OCH3 is 1. The first-order valence-corrected chi connectivity index (χ1v) is 5.84. The summed E-state index contributed by atoms with van der Waals surface area (Å²) in [5, 5.41) is 8.43. The van der Waals surface area contributed by atoms with E-state index in [1.807, 2.05) is 0 Å². The minimum atomic E-state index is -3.77. The van der Waals surface area contributed by atoms with E-state index in [9.17, 15) is 13.2 Å². The number of hydrogen-bond acceptors (Lipinski definition) is 4. The van der Waals surface area contributed by atoms with E-state index >= 15 is 0 Å². The van der Waals surface area contributed by atoms with Gasteiger partial charge in [0, 0.05) is 20.2 Å². The van der Waals surface area contributed by atoms with Crippen LogP contribution in [0.15, 0.2) is 12.7 Å². The molecule has 0 aromatic rings. The molecule has 15 heavy (non-hydrogen) atoms. The maximum atomic E-state index is 11.5. The number of carboxylic acid groups (broad SMARTS) is 1. The SMILES string of the molecule is C=CCN(CCOC)S(=O)(=O)CC(=O)O. The molecule has 0 aliphatic carbocycles. The van der Waals surface area contributed by atoms with Gasteiger partial charge in [0.25, 0.3) is 0 Å². The molecule has 0 saturated heterocycles. The van der Waals surface area contributed by atoms with Crippen molar-refractivity contribution in [1.82, 2.24) is 4.31 Å². The molecule has 7 heteroatoms. The molecule has 88 valence electrons. The summed E-state index contributed by atoms with van der Waals surface area (Å²) >= 11 is 0. The lowest BCUT2D eigenvalue weighted by molar-refractivity contribution is -0.134. The van der Waals surface area contributed by atoms with Gasteiger partial charge in [0.2, 0.25) is 10.0 Å². The van der Waals surface area contributed by atoms with E-state index in [1.165, 1.54) is 13.2 Å². The zero-order valence-corrected chi connectivity index (χ0v) is 9.37. The van der Waals surface area contributed by atoms with Gasteiger partial charge in [0.1, 0.15) is 0 Å². The summed E-state index contributed by atoms with van der Waals surface area (Å²) in [5.41, 5.74) is 0. The summed E-state index contributed by atoms with van der Waals surface area (Å²) in [6, 6.07) is 0. The van der Waals surface area contributed by atoms with Gasteiger partial charge in [-0.05, 0) is 0 Å². The first kappa shape index (κ1) is 14.1. The predicted molar refractivity (Wildman–Crippen MR) is 55.1 cm³/mol. The van der Waals surface area contributed by atoms with Crippen molar-refractivity contribution in [3.05, 3.63) is 12.7 Å². The van der Waals surface area contributed by atoms with E-state index in [0.29, 0.717) is 0 Å². The Hall–Kier alpha value is -0.920.